The molecule has 4 rings (SSSR count). The van der Waals surface area contributed by atoms with Crippen molar-refractivity contribution in [2.45, 2.75) is 12.1 Å². The molecule has 2 N–H and O–H groups in total. The minimum absolute atomic E-state index is 0.145. The van der Waals surface area contributed by atoms with Gasteiger partial charge in [-0.15, -0.1) is 0 Å². The molecule has 0 radical (unpaired) electrons. The summed E-state index contributed by atoms with van der Waals surface area (Å²) < 4.78 is 2.40. The molecule has 3 aromatic rings. The Balaban J connectivity index is 1.98. The van der Waals surface area contributed by atoms with Crippen molar-refractivity contribution in [3.05, 3.63) is 71.9 Å². The normalized spacial score (nSPS) is 23.8. The van der Waals surface area contributed by atoms with E-state index in [-0.39, 0.29) is 24.6 Å². The third kappa shape index (κ3) is 1.83. The van der Waals surface area contributed by atoms with Crippen LogP contribution >= 0.6 is 0 Å². The van der Waals surface area contributed by atoms with Crippen LogP contribution in [0.25, 0.3) is 10.9 Å². The Morgan fingerprint density at radius 3 is 2.50 bits per heavy atom. The van der Waals surface area contributed by atoms with E-state index < -0.39 is 0 Å². The summed E-state index contributed by atoms with van der Waals surface area (Å²) in [6.07, 6.45) is 0. The molecule has 0 saturated heterocycles. The Hall–Kier alpha value is -2.10. The molecule has 2 heterocycles. The van der Waals surface area contributed by atoms with E-state index in [1.807, 2.05) is 13.1 Å². The Bertz CT molecular complexity index is 794. The molecule has 0 unspecified atom stereocenters. The van der Waals surface area contributed by atoms with Gasteiger partial charge in [-0.25, -0.2) is 0 Å². The van der Waals surface area contributed by atoms with E-state index in [1.165, 1.54) is 22.2 Å². The van der Waals surface area contributed by atoms with Gasteiger partial charge in [-0.05, 0) is 30.1 Å². The van der Waals surface area contributed by atoms with Crippen LogP contribution in [0.15, 0.2) is 60.7 Å². The predicted molar refractivity (Wildman–Crippen MR) is 88.9 cm³/mol. The second-order valence-corrected chi connectivity index (χ2v) is 5.97. The fraction of sp³-hybridized carbons (Fsp3) is 0.263. The van der Waals surface area contributed by atoms with E-state index in [0.29, 0.717) is 0 Å². The number of aliphatic hydroxyl groups excluding tert-OH is 1. The molecular weight excluding hydrogens is 272 g/mol. The van der Waals surface area contributed by atoms with Crippen molar-refractivity contribution >= 4 is 10.9 Å². The quantitative estimate of drug-likeness (QED) is 0.778. The molecule has 2 aromatic carbocycles. The van der Waals surface area contributed by atoms with Gasteiger partial charge in [0.25, 0.3) is 0 Å². The predicted octanol–water partition coefficient (Wildman–Crippen LogP) is 3.11. The fourth-order valence-corrected chi connectivity index (χ4v) is 3.95. The van der Waals surface area contributed by atoms with Gasteiger partial charge in [0.2, 0.25) is 0 Å². The smallest absolute Gasteiger partial charge is 0.0658 e. The number of para-hydroxylation sites is 1. The summed E-state index contributed by atoms with van der Waals surface area (Å²) in [6, 6.07) is 21.6. The lowest BCUT2D eigenvalue weighted by Gasteiger charge is -2.24. The van der Waals surface area contributed by atoms with Gasteiger partial charge in [-0.3, -0.25) is 0 Å². The van der Waals surface area contributed by atoms with Crippen molar-refractivity contribution in [1.29, 1.82) is 0 Å². The van der Waals surface area contributed by atoms with Gasteiger partial charge in [-0.1, -0.05) is 48.5 Å². The van der Waals surface area contributed by atoms with Crippen LogP contribution in [-0.2, 0) is 0 Å². The van der Waals surface area contributed by atoms with E-state index in [0.717, 1.165) is 0 Å². The van der Waals surface area contributed by atoms with Crippen molar-refractivity contribution in [3.8, 4) is 0 Å². The van der Waals surface area contributed by atoms with Crippen LogP contribution in [0, 0.1) is 5.92 Å². The number of nitrogens with one attached hydrogen (secondary N) is 1. The average Bonchev–Trinajstić information content (AvgIpc) is 3.08. The molecule has 1 aromatic heterocycles. The molecule has 112 valence electrons. The first-order valence-electron chi connectivity index (χ1n) is 7.78. The average molecular weight is 292 g/mol. The molecule has 0 saturated carbocycles. The maximum Gasteiger partial charge on any atom is 0.0658 e. The van der Waals surface area contributed by atoms with Crippen molar-refractivity contribution < 1.29 is 5.11 Å². The summed E-state index contributed by atoms with van der Waals surface area (Å²) >= 11 is 0. The van der Waals surface area contributed by atoms with Crippen molar-refractivity contribution in [1.82, 2.24) is 9.88 Å². The van der Waals surface area contributed by atoms with Gasteiger partial charge < -0.3 is 15.0 Å². The lowest BCUT2D eigenvalue weighted by Crippen LogP contribution is -2.27. The molecule has 3 nitrogen and oxygen atoms in total. The number of fused-ring (bicyclic) bond motifs is 3. The Kier molecular flexibility index (Phi) is 3.25. The second kappa shape index (κ2) is 5.27. The molecule has 0 bridgehead atoms. The van der Waals surface area contributed by atoms with E-state index >= 15 is 0 Å². The summed E-state index contributed by atoms with van der Waals surface area (Å²) in [4.78, 5) is 0. The van der Waals surface area contributed by atoms with Crippen LogP contribution in [0.3, 0.4) is 0 Å². The Labute approximate surface area is 130 Å². The molecule has 0 aliphatic carbocycles. The molecule has 3 heteroatoms. The van der Waals surface area contributed by atoms with Crippen molar-refractivity contribution in [3.63, 3.8) is 0 Å². The Morgan fingerprint density at radius 2 is 1.77 bits per heavy atom. The molecular formula is C19H20N2O. The fourth-order valence-electron chi connectivity index (χ4n) is 3.95. The first kappa shape index (κ1) is 13.6. The number of hydrogen-bond donors (Lipinski definition) is 2. The lowest BCUT2D eigenvalue weighted by atomic mass is 9.90. The van der Waals surface area contributed by atoms with Gasteiger partial charge in [-0.2, -0.15) is 0 Å². The van der Waals surface area contributed by atoms with E-state index in [9.17, 15) is 5.11 Å². The number of rotatable bonds is 3. The van der Waals surface area contributed by atoms with Crippen LogP contribution in [-0.4, -0.2) is 23.3 Å². The molecule has 0 fully saturated rings. The van der Waals surface area contributed by atoms with Gasteiger partial charge in [0.05, 0.1) is 18.7 Å². The number of benzene rings is 2. The van der Waals surface area contributed by atoms with Gasteiger partial charge in [0.1, 0.15) is 0 Å². The first-order chi connectivity index (χ1) is 10.8. The molecule has 3 atom stereocenters. The van der Waals surface area contributed by atoms with E-state index in [4.69, 9.17) is 0 Å². The number of hydrogen-bond acceptors (Lipinski definition) is 2. The SMILES string of the molecule is CN[C@@H]1c2cc3ccccc3n2[C@@H](c2ccccc2)[C@@H]1CO. The monoisotopic (exact) mass is 292 g/mol. The zero-order chi connectivity index (χ0) is 15.1. The lowest BCUT2D eigenvalue weighted by molar-refractivity contribution is 0.183. The molecule has 1 aliphatic heterocycles. The van der Waals surface area contributed by atoms with Crippen LogP contribution in [0.2, 0.25) is 0 Å². The van der Waals surface area contributed by atoms with Crippen LogP contribution in [0.1, 0.15) is 23.3 Å². The number of aliphatic hydroxyl groups is 1. The minimum Gasteiger partial charge on any atom is -0.396 e. The zero-order valence-electron chi connectivity index (χ0n) is 12.6. The largest absolute Gasteiger partial charge is 0.396 e. The topological polar surface area (TPSA) is 37.2 Å². The molecule has 1 aliphatic rings. The second-order valence-electron chi connectivity index (χ2n) is 5.97. The third-order valence-corrected chi connectivity index (χ3v) is 4.87. The van der Waals surface area contributed by atoms with E-state index in [1.54, 1.807) is 0 Å². The van der Waals surface area contributed by atoms with Crippen molar-refractivity contribution in [2.75, 3.05) is 13.7 Å². The summed E-state index contributed by atoms with van der Waals surface area (Å²) in [5.74, 6) is 0.145. The summed E-state index contributed by atoms with van der Waals surface area (Å²) in [5, 5.41) is 14.7. The minimum atomic E-state index is 0.145. The molecule has 0 amide bonds. The highest BCUT2D eigenvalue weighted by Gasteiger charge is 2.41. The van der Waals surface area contributed by atoms with E-state index in [2.05, 4.69) is 64.5 Å². The van der Waals surface area contributed by atoms with Crippen molar-refractivity contribution in [2.24, 2.45) is 5.92 Å². The standard InChI is InChI=1S/C19H20N2O/c1-20-18-15(12-22)19(13-7-3-2-4-8-13)21-16-10-6-5-9-14(16)11-17(18)21/h2-11,15,18-20,22H,12H2,1H3/t15-,18+,19+/m1/s1. The highest BCUT2D eigenvalue weighted by Crippen LogP contribution is 2.46. The van der Waals surface area contributed by atoms with Gasteiger partial charge in [0, 0.05) is 17.1 Å². The molecule has 22 heavy (non-hydrogen) atoms. The number of aromatic nitrogens is 1. The van der Waals surface area contributed by atoms with Crippen LogP contribution < -0.4 is 5.32 Å². The highest BCUT2D eigenvalue weighted by atomic mass is 16.3. The summed E-state index contributed by atoms with van der Waals surface area (Å²) in [5.41, 5.74) is 3.75. The zero-order valence-corrected chi connectivity index (χ0v) is 12.6. The van der Waals surface area contributed by atoms with Crippen LogP contribution in [0.4, 0.5) is 0 Å². The maximum atomic E-state index is 10.0. The summed E-state index contributed by atoms with van der Waals surface area (Å²) in [7, 11) is 1.97. The third-order valence-electron chi connectivity index (χ3n) is 4.87. The number of nitrogens with zero attached hydrogens (tertiary/aromatic N) is 1. The molecule has 0 spiro atoms. The van der Waals surface area contributed by atoms with Gasteiger partial charge in [0.15, 0.2) is 0 Å². The highest BCUT2D eigenvalue weighted by molar-refractivity contribution is 5.82. The van der Waals surface area contributed by atoms with Crippen LogP contribution in [0.5, 0.6) is 0 Å². The Morgan fingerprint density at radius 1 is 1.05 bits per heavy atom. The van der Waals surface area contributed by atoms with Gasteiger partial charge >= 0.3 is 0 Å². The maximum absolute atomic E-state index is 10.0. The summed E-state index contributed by atoms with van der Waals surface area (Å²) in [6.45, 7) is 0.168. The first-order valence-corrected chi connectivity index (χ1v) is 7.78.